The predicted molar refractivity (Wildman–Crippen MR) is 96.4 cm³/mol. The second kappa shape index (κ2) is 8.92. The zero-order chi connectivity index (χ0) is 20.9. The number of pyridine rings is 1. The van der Waals surface area contributed by atoms with Crippen molar-refractivity contribution in [2.24, 2.45) is 0 Å². The van der Waals surface area contributed by atoms with Crippen molar-refractivity contribution in [3.63, 3.8) is 0 Å². The van der Waals surface area contributed by atoms with Crippen LogP contribution in [0.15, 0.2) is 36.5 Å². The van der Waals surface area contributed by atoms with Crippen LogP contribution in [0.3, 0.4) is 0 Å². The van der Waals surface area contributed by atoms with Crippen molar-refractivity contribution < 1.29 is 27.5 Å². The minimum atomic E-state index is -4.52. The van der Waals surface area contributed by atoms with Gasteiger partial charge in [-0.15, -0.1) is 0 Å². The van der Waals surface area contributed by atoms with E-state index >= 15 is 0 Å². The fraction of sp³-hybridized carbons (Fsp3) is 0.278. The van der Waals surface area contributed by atoms with Crippen LogP contribution < -0.4 is 10.1 Å². The SMILES string of the molecule is CNC(=O)c1ccc(CN(C)C(=O)c2cnc(OCC(F)(F)F)c(Cl)c2)cc1. The molecule has 150 valence electrons. The molecule has 0 radical (unpaired) electrons. The summed E-state index contributed by atoms with van der Waals surface area (Å²) < 4.78 is 41.1. The minimum absolute atomic E-state index is 0.105. The van der Waals surface area contributed by atoms with E-state index in [1.807, 2.05) is 0 Å². The predicted octanol–water partition coefficient (Wildman–Crippen LogP) is 3.31. The Morgan fingerprint density at radius 2 is 1.86 bits per heavy atom. The molecule has 2 rings (SSSR count). The summed E-state index contributed by atoms with van der Waals surface area (Å²) in [6, 6.07) is 7.91. The standard InChI is InChI=1S/C18H17ClF3N3O3/c1-23-15(26)12-5-3-11(4-6-12)9-25(2)17(27)13-7-14(19)16(24-8-13)28-10-18(20,21)22/h3-8H,9-10H2,1-2H3,(H,23,26). The molecule has 0 aliphatic rings. The summed E-state index contributed by atoms with van der Waals surface area (Å²) in [6.07, 6.45) is -3.42. The first-order valence-electron chi connectivity index (χ1n) is 8.02. The van der Waals surface area contributed by atoms with E-state index < -0.39 is 24.6 Å². The van der Waals surface area contributed by atoms with Crippen molar-refractivity contribution in [2.45, 2.75) is 12.7 Å². The van der Waals surface area contributed by atoms with Crippen LogP contribution >= 0.6 is 11.6 Å². The highest BCUT2D eigenvalue weighted by Crippen LogP contribution is 2.25. The van der Waals surface area contributed by atoms with Gasteiger partial charge < -0.3 is 15.0 Å². The zero-order valence-electron chi connectivity index (χ0n) is 15.0. The number of hydrogen-bond acceptors (Lipinski definition) is 4. The van der Waals surface area contributed by atoms with Crippen LogP contribution in [0.4, 0.5) is 13.2 Å². The van der Waals surface area contributed by atoms with E-state index in [2.05, 4.69) is 15.0 Å². The van der Waals surface area contributed by atoms with Crippen LogP contribution in [-0.4, -0.2) is 48.6 Å². The van der Waals surface area contributed by atoms with Crippen molar-refractivity contribution >= 4 is 23.4 Å². The Morgan fingerprint density at radius 3 is 2.39 bits per heavy atom. The van der Waals surface area contributed by atoms with E-state index in [0.29, 0.717) is 5.56 Å². The number of nitrogens with zero attached hydrogens (tertiary/aromatic N) is 2. The van der Waals surface area contributed by atoms with Gasteiger partial charge in [0.05, 0.1) is 5.56 Å². The second-order valence-corrected chi connectivity index (χ2v) is 6.26. The summed E-state index contributed by atoms with van der Waals surface area (Å²) in [7, 11) is 3.08. The minimum Gasteiger partial charge on any atom is -0.467 e. The van der Waals surface area contributed by atoms with Gasteiger partial charge in [0, 0.05) is 32.4 Å². The van der Waals surface area contributed by atoms with Crippen molar-refractivity contribution in [3.8, 4) is 5.88 Å². The van der Waals surface area contributed by atoms with Crippen LogP contribution in [-0.2, 0) is 6.54 Å². The van der Waals surface area contributed by atoms with E-state index in [9.17, 15) is 22.8 Å². The largest absolute Gasteiger partial charge is 0.467 e. The molecular formula is C18H17ClF3N3O3. The Balaban J connectivity index is 2.04. The molecule has 2 aromatic rings. The molecule has 1 heterocycles. The molecule has 0 spiro atoms. The third-order valence-electron chi connectivity index (χ3n) is 3.64. The quantitative estimate of drug-likeness (QED) is 0.785. The fourth-order valence-corrected chi connectivity index (χ4v) is 2.49. The Hall–Kier alpha value is -2.81. The highest BCUT2D eigenvalue weighted by molar-refractivity contribution is 6.32. The summed E-state index contributed by atoms with van der Waals surface area (Å²) in [5.41, 5.74) is 1.38. The lowest BCUT2D eigenvalue weighted by Gasteiger charge is -2.18. The molecule has 0 fully saturated rings. The first-order valence-corrected chi connectivity index (χ1v) is 8.40. The molecule has 0 saturated carbocycles. The number of carbonyl (C=O) groups is 2. The van der Waals surface area contributed by atoms with Gasteiger partial charge in [-0.3, -0.25) is 9.59 Å². The van der Waals surface area contributed by atoms with Crippen LogP contribution in [0.1, 0.15) is 26.3 Å². The van der Waals surface area contributed by atoms with E-state index in [-0.39, 0.29) is 23.0 Å². The maximum absolute atomic E-state index is 12.5. The molecule has 2 amide bonds. The lowest BCUT2D eigenvalue weighted by atomic mass is 10.1. The van der Waals surface area contributed by atoms with E-state index in [0.717, 1.165) is 11.8 Å². The average Bonchev–Trinajstić information content (AvgIpc) is 2.65. The van der Waals surface area contributed by atoms with Gasteiger partial charge in [0.15, 0.2) is 6.61 Å². The molecule has 10 heteroatoms. The summed E-state index contributed by atoms with van der Waals surface area (Å²) in [5.74, 6) is -1.04. The van der Waals surface area contributed by atoms with Crippen LogP contribution in [0.5, 0.6) is 5.88 Å². The Kier molecular flexibility index (Phi) is 6.85. The van der Waals surface area contributed by atoms with Crippen LogP contribution in [0, 0.1) is 0 Å². The van der Waals surface area contributed by atoms with Gasteiger partial charge in [-0.2, -0.15) is 13.2 Å². The zero-order valence-corrected chi connectivity index (χ0v) is 15.8. The van der Waals surface area contributed by atoms with E-state index in [4.69, 9.17) is 11.6 Å². The Morgan fingerprint density at radius 1 is 1.21 bits per heavy atom. The maximum atomic E-state index is 12.5. The van der Waals surface area contributed by atoms with Gasteiger partial charge in [0.1, 0.15) is 5.02 Å². The number of benzene rings is 1. The molecular weight excluding hydrogens is 399 g/mol. The average molecular weight is 416 g/mol. The first-order chi connectivity index (χ1) is 13.1. The third-order valence-corrected chi connectivity index (χ3v) is 3.91. The number of alkyl halides is 3. The number of halogens is 4. The van der Waals surface area contributed by atoms with Crippen molar-refractivity contribution in [1.29, 1.82) is 0 Å². The van der Waals surface area contributed by atoms with Gasteiger partial charge in [0.25, 0.3) is 11.8 Å². The van der Waals surface area contributed by atoms with Crippen molar-refractivity contribution in [1.82, 2.24) is 15.2 Å². The summed E-state index contributed by atoms with van der Waals surface area (Å²) >= 11 is 5.86. The molecule has 1 aromatic carbocycles. The number of ether oxygens (including phenoxy) is 1. The van der Waals surface area contributed by atoms with E-state index in [1.54, 1.807) is 31.3 Å². The van der Waals surface area contributed by atoms with Crippen LogP contribution in [0.2, 0.25) is 5.02 Å². The topological polar surface area (TPSA) is 71.5 Å². The molecule has 6 nitrogen and oxygen atoms in total. The highest BCUT2D eigenvalue weighted by Gasteiger charge is 2.29. The normalized spacial score (nSPS) is 11.1. The molecule has 1 aromatic heterocycles. The number of carbonyl (C=O) groups excluding carboxylic acids is 2. The lowest BCUT2D eigenvalue weighted by Crippen LogP contribution is -2.26. The number of aromatic nitrogens is 1. The molecule has 0 unspecified atom stereocenters. The number of rotatable bonds is 6. The molecule has 0 bridgehead atoms. The second-order valence-electron chi connectivity index (χ2n) is 5.85. The number of nitrogens with one attached hydrogen (secondary N) is 1. The van der Waals surface area contributed by atoms with Gasteiger partial charge in [-0.1, -0.05) is 23.7 Å². The highest BCUT2D eigenvalue weighted by atomic mass is 35.5. The third kappa shape index (κ3) is 5.85. The van der Waals surface area contributed by atoms with Gasteiger partial charge in [-0.05, 0) is 23.8 Å². The molecule has 28 heavy (non-hydrogen) atoms. The monoisotopic (exact) mass is 415 g/mol. The van der Waals surface area contributed by atoms with Gasteiger partial charge >= 0.3 is 6.18 Å². The van der Waals surface area contributed by atoms with Gasteiger partial charge in [-0.25, -0.2) is 4.98 Å². The smallest absolute Gasteiger partial charge is 0.422 e. The summed E-state index contributed by atoms with van der Waals surface area (Å²) in [4.78, 5) is 29.1. The number of amides is 2. The van der Waals surface area contributed by atoms with Gasteiger partial charge in [0.2, 0.25) is 5.88 Å². The Bertz CT molecular complexity index is 857. The first kappa shape index (κ1) is 21.5. The van der Waals surface area contributed by atoms with E-state index in [1.165, 1.54) is 18.0 Å². The maximum Gasteiger partial charge on any atom is 0.422 e. The van der Waals surface area contributed by atoms with Crippen molar-refractivity contribution in [3.05, 3.63) is 58.2 Å². The lowest BCUT2D eigenvalue weighted by molar-refractivity contribution is -0.154. The Labute approximate surface area is 164 Å². The fourth-order valence-electron chi connectivity index (χ4n) is 2.27. The summed E-state index contributed by atoms with van der Waals surface area (Å²) in [5, 5.41) is 2.32. The van der Waals surface area contributed by atoms with Crippen molar-refractivity contribution in [2.75, 3.05) is 20.7 Å². The number of hydrogen-bond donors (Lipinski definition) is 1. The molecule has 1 N–H and O–H groups in total. The molecule has 0 aliphatic carbocycles. The van der Waals surface area contributed by atoms with Crippen LogP contribution in [0.25, 0.3) is 0 Å². The molecule has 0 aliphatic heterocycles. The molecule has 0 atom stereocenters. The summed E-state index contributed by atoms with van der Waals surface area (Å²) in [6.45, 7) is -1.28. The molecule has 0 saturated heterocycles.